The van der Waals surface area contributed by atoms with E-state index in [1.54, 1.807) is 6.20 Å². The molecule has 3 rings (SSSR count). The predicted octanol–water partition coefficient (Wildman–Crippen LogP) is 1.29. The molecule has 7 heteroatoms. The van der Waals surface area contributed by atoms with E-state index < -0.39 is 6.55 Å². The molecule has 0 saturated heterocycles. The maximum absolute atomic E-state index is 12.5. The molecule has 1 aliphatic rings. The monoisotopic (exact) mass is 253 g/mol. The van der Waals surface area contributed by atoms with Crippen LogP contribution in [-0.4, -0.2) is 32.4 Å². The fourth-order valence-corrected chi connectivity index (χ4v) is 2.19. The predicted molar refractivity (Wildman–Crippen MR) is 61.3 cm³/mol. The maximum atomic E-state index is 12.5. The first-order chi connectivity index (χ1) is 8.75. The largest absolute Gasteiger partial charge is 0.333 e. The van der Waals surface area contributed by atoms with Crippen LogP contribution in [0.2, 0.25) is 0 Å². The summed E-state index contributed by atoms with van der Waals surface area (Å²) in [4.78, 5) is 4.35. The van der Waals surface area contributed by atoms with Gasteiger partial charge in [0.25, 0.3) is 0 Å². The summed E-state index contributed by atoms with van der Waals surface area (Å²) in [6, 6.07) is 0. The van der Waals surface area contributed by atoms with Crippen LogP contribution in [-0.2, 0) is 13.0 Å². The van der Waals surface area contributed by atoms with E-state index in [9.17, 15) is 8.78 Å². The lowest BCUT2D eigenvalue weighted by Gasteiger charge is -2.06. The van der Waals surface area contributed by atoms with Crippen LogP contribution in [0.25, 0.3) is 11.3 Å². The van der Waals surface area contributed by atoms with Gasteiger partial charge in [0.15, 0.2) is 0 Å². The number of rotatable bonds is 2. The van der Waals surface area contributed by atoms with Gasteiger partial charge in [-0.15, -0.1) is 0 Å². The average molecular weight is 253 g/mol. The first-order valence-corrected chi connectivity index (χ1v) is 5.83. The van der Waals surface area contributed by atoms with Crippen LogP contribution in [0.15, 0.2) is 18.6 Å². The first kappa shape index (κ1) is 11.3. The Kier molecular flexibility index (Phi) is 2.83. The van der Waals surface area contributed by atoms with Crippen molar-refractivity contribution in [3.8, 4) is 11.3 Å². The molecule has 0 bridgehead atoms. The molecule has 0 radical (unpaired) electrons. The first-order valence-electron chi connectivity index (χ1n) is 5.83. The van der Waals surface area contributed by atoms with Crippen molar-refractivity contribution in [2.75, 3.05) is 13.1 Å². The molecule has 0 saturated carbocycles. The zero-order valence-corrected chi connectivity index (χ0v) is 9.68. The average Bonchev–Trinajstić information content (AvgIpc) is 2.91. The summed E-state index contributed by atoms with van der Waals surface area (Å²) in [5, 5.41) is 6.93. The summed E-state index contributed by atoms with van der Waals surface area (Å²) in [7, 11) is 0. The van der Waals surface area contributed by atoms with Crippen molar-refractivity contribution in [2.24, 2.45) is 0 Å². The standard InChI is InChI=1S/C11H13F2N5/c12-11(13)18-7-8(5-16-18)9-6-15-10-1-2-14-3-4-17(9)10/h5-7,11,14H,1-4H2. The molecule has 0 fully saturated rings. The van der Waals surface area contributed by atoms with E-state index in [2.05, 4.69) is 20.0 Å². The van der Waals surface area contributed by atoms with Gasteiger partial charge in [-0.25, -0.2) is 9.67 Å². The van der Waals surface area contributed by atoms with Crippen LogP contribution >= 0.6 is 0 Å². The molecule has 0 amide bonds. The summed E-state index contributed by atoms with van der Waals surface area (Å²) in [5.41, 5.74) is 1.52. The second-order valence-electron chi connectivity index (χ2n) is 4.20. The van der Waals surface area contributed by atoms with Crippen LogP contribution < -0.4 is 5.32 Å². The summed E-state index contributed by atoms with van der Waals surface area (Å²) < 4.78 is 27.7. The van der Waals surface area contributed by atoms with Crippen LogP contribution in [0, 0.1) is 0 Å². The number of aromatic nitrogens is 4. The highest BCUT2D eigenvalue weighted by molar-refractivity contribution is 5.57. The van der Waals surface area contributed by atoms with Crippen LogP contribution in [0.1, 0.15) is 12.4 Å². The number of alkyl halides is 2. The van der Waals surface area contributed by atoms with Crippen molar-refractivity contribution >= 4 is 0 Å². The maximum Gasteiger partial charge on any atom is 0.333 e. The van der Waals surface area contributed by atoms with Crippen molar-refractivity contribution in [2.45, 2.75) is 19.5 Å². The fraction of sp³-hybridized carbons (Fsp3) is 0.455. The molecule has 1 N–H and O–H groups in total. The summed E-state index contributed by atoms with van der Waals surface area (Å²) in [6.45, 7) is -0.0525. The molecular formula is C11H13F2N5. The minimum atomic E-state index is -2.60. The fourth-order valence-electron chi connectivity index (χ4n) is 2.19. The Balaban J connectivity index is 1.98. The second-order valence-corrected chi connectivity index (χ2v) is 4.20. The minimum absolute atomic E-state index is 0.657. The number of nitrogens with one attached hydrogen (secondary N) is 1. The lowest BCUT2D eigenvalue weighted by molar-refractivity contribution is 0.0566. The number of nitrogens with zero attached hydrogens (tertiary/aromatic N) is 4. The van der Waals surface area contributed by atoms with Crippen molar-refractivity contribution in [3.05, 3.63) is 24.4 Å². The Hall–Kier alpha value is -1.76. The summed E-state index contributed by atoms with van der Waals surface area (Å²) in [5.74, 6) is 0.986. The van der Waals surface area contributed by atoms with Crippen molar-refractivity contribution in [3.63, 3.8) is 0 Å². The normalized spacial score (nSPS) is 15.7. The number of fused-ring (bicyclic) bond motifs is 1. The topological polar surface area (TPSA) is 47.7 Å². The molecule has 0 spiro atoms. The lowest BCUT2D eigenvalue weighted by atomic mass is 10.3. The van der Waals surface area contributed by atoms with Gasteiger partial charge in [0.2, 0.25) is 0 Å². The van der Waals surface area contributed by atoms with E-state index in [-0.39, 0.29) is 0 Å². The molecule has 1 aliphatic heterocycles. The molecule has 0 unspecified atom stereocenters. The van der Waals surface area contributed by atoms with E-state index in [4.69, 9.17) is 0 Å². The van der Waals surface area contributed by atoms with Crippen LogP contribution in [0.5, 0.6) is 0 Å². The molecular weight excluding hydrogens is 240 g/mol. The number of imidazole rings is 1. The minimum Gasteiger partial charge on any atom is -0.327 e. The van der Waals surface area contributed by atoms with Gasteiger partial charge in [-0.1, -0.05) is 0 Å². The molecule has 0 aliphatic carbocycles. The van der Waals surface area contributed by atoms with E-state index in [0.717, 1.165) is 37.6 Å². The summed E-state index contributed by atoms with van der Waals surface area (Å²) in [6.07, 6.45) is 5.39. The Bertz CT molecular complexity index is 545. The molecule has 2 aromatic heterocycles. The van der Waals surface area contributed by atoms with Gasteiger partial charge >= 0.3 is 6.55 Å². The highest BCUT2D eigenvalue weighted by Gasteiger charge is 2.16. The van der Waals surface area contributed by atoms with Crippen molar-refractivity contribution in [1.82, 2.24) is 24.6 Å². The van der Waals surface area contributed by atoms with Gasteiger partial charge in [-0.3, -0.25) is 0 Å². The molecule has 96 valence electrons. The molecule has 5 nitrogen and oxygen atoms in total. The second kappa shape index (κ2) is 4.49. The Labute approximate surface area is 102 Å². The highest BCUT2D eigenvalue weighted by atomic mass is 19.3. The third kappa shape index (κ3) is 1.90. The van der Waals surface area contributed by atoms with Gasteiger partial charge < -0.3 is 9.88 Å². The molecule has 3 heterocycles. The molecule has 0 atom stereocenters. The zero-order chi connectivity index (χ0) is 12.5. The van der Waals surface area contributed by atoms with E-state index in [0.29, 0.717) is 10.2 Å². The van der Waals surface area contributed by atoms with Crippen LogP contribution in [0.3, 0.4) is 0 Å². The Morgan fingerprint density at radius 3 is 2.94 bits per heavy atom. The SMILES string of the molecule is FC(F)n1cc(-c2cnc3n2CCNCC3)cn1. The van der Waals surface area contributed by atoms with Crippen molar-refractivity contribution in [1.29, 1.82) is 0 Å². The number of hydrogen-bond donors (Lipinski definition) is 1. The van der Waals surface area contributed by atoms with E-state index >= 15 is 0 Å². The highest BCUT2D eigenvalue weighted by Crippen LogP contribution is 2.23. The lowest BCUT2D eigenvalue weighted by Crippen LogP contribution is -2.17. The quantitative estimate of drug-likeness (QED) is 0.877. The van der Waals surface area contributed by atoms with Gasteiger partial charge in [0.1, 0.15) is 5.82 Å². The molecule has 2 aromatic rings. The van der Waals surface area contributed by atoms with Gasteiger partial charge in [0, 0.05) is 37.8 Å². The van der Waals surface area contributed by atoms with E-state index in [1.807, 2.05) is 0 Å². The zero-order valence-electron chi connectivity index (χ0n) is 9.68. The van der Waals surface area contributed by atoms with Gasteiger partial charge in [-0.2, -0.15) is 13.9 Å². The number of halogens is 2. The molecule has 18 heavy (non-hydrogen) atoms. The third-order valence-corrected chi connectivity index (χ3v) is 3.07. The Morgan fingerprint density at radius 1 is 1.28 bits per heavy atom. The van der Waals surface area contributed by atoms with Gasteiger partial charge in [-0.05, 0) is 0 Å². The van der Waals surface area contributed by atoms with E-state index in [1.165, 1.54) is 12.4 Å². The smallest absolute Gasteiger partial charge is 0.327 e. The summed E-state index contributed by atoms with van der Waals surface area (Å²) >= 11 is 0. The number of hydrogen-bond acceptors (Lipinski definition) is 3. The molecule has 0 aromatic carbocycles. The third-order valence-electron chi connectivity index (χ3n) is 3.07. The van der Waals surface area contributed by atoms with Gasteiger partial charge in [0.05, 0.1) is 18.1 Å². The van der Waals surface area contributed by atoms with Crippen LogP contribution in [0.4, 0.5) is 8.78 Å². The van der Waals surface area contributed by atoms with Crippen molar-refractivity contribution < 1.29 is 8.78 Å². The Morgan fingerprint density at radius 2 is 2.17 bits per heavy atom.